The number of rotatable bonds is 13. The maximum absolute atomic E-state index is 13.7. The highest BCUT2D eigenvalue weighted by molar-refractivity contribution is 6.04. The molecule has 0 fully saturated rings. The van der Waals surface area contributed by atoms with Crippen LogP contribution in [0.1, 0.15) is 66.9 Å². The molecule has 286 valence electrons. The van der Waals surface area contributed by atoms with Gasteiger partial charge in [0.1, 0.15) is 33.9 Å². The summed E-state index contributed by atoms with van der Waals surface area (Å²) in [6.45, 7) is 8.69. The first-order chi connectivity index (χ1) is 26.3. The fraction of sp³-hybridized carbons (Fsp3) is 0.297. The number of nitrogens with one attached hydrogen (secondary N) is 1. The average molecular weight is 751 g/mol. The van der Waals surface area contributed by atoms with Crippen LogP contribution in [0.3, 0.4) is 0 Å². The number of hydrogen-bond acceptors (Lipinski definition) is 9. The van der Waals surface area contributed by atoms with Gasteiger partial charge in [0.2, 0.25) is 23.4 Å². The van der Waals surface area contributed by atoms with Gasteiger partial charge in [-0.15, -0.1) is 0 Å². The van der Waals surface area contributed by atoms with E-state index in [0.717, 1.165) is 0 Å². The van der Waals surface area contributed by atoms with E-state index in [4.69, 9.17) is 20.9 Å². The van der Waals surface area contributed by atoms with Crippen molar-refractivity contribution in [2.24, 2.45) is 23.5 Å². The smallest absolute Gasteiger partial charge is 0.298 e. The number of methoxy groups -OCH3 is 2. The van der Waals surface area contributed by atoms with Crippen LogP contribution in [0.5, 0.6) is 11.5 Å². The molecule has 4 aromatic heterocycles. The number of primary amides is 2. The molecule has 2 aromatic carbocycles. The van der Waals surface area contributed by atoms with Crippen molar-refractivity contribution in [1.29, 1.82) is 0 Å². The number of benzene rings is 2. The van der Waals surface area contributed by atoms with Gasteiger partial charge in [-0.05, 0) is 64.1 Å². The highest BCUT2D eigenvalue weighted by Crippen LogP contribution is 2.31. The topological polar surface area (TPSA) is 226 Å². The number of anilines is 1. The lowest BCUT2D eigenvalue weighted by atomic mass is 10.1. The number of ether oxygens (including phenoxy) is 2. The molecule has 0 aliphatic heterocycles. The molecule has 4 heterocycles. The van der Waals surface area contributed by atoms with Crippen molar-refractivity contribution in [3.8, 4) is 11.5 Å². The quantitative estimate of drug-likeness (QED) is 0.147. The summed E-state index contributed by atoms with van der Waals surface area (Å²) in [5.74, 6) is -1.39. The molecular formula is C37H42N12O6. The van der Waals surface area contributed by atoms with E-state index in [1.165, 1.54) is 32.4 Å². The predicted octanol–water partition coefficient (Wildman–Crippen LogP) is 2.84. The molecule has 0 saturated heterocycles. The number of aryl methyl sites for hydroxylation is 5. The van der Waals surface area contributed by atoms with E-state index >= 15 is 0 Å². The summed E-state index contributed by atoms with van der Waals surface area (Å²) in [6.07, 6.45) is 3.69. The van der Waals surface area contributed by atoms with E-state index in [-0.39, 0.29) is 35.8 Å². The second-order valence-corrected chi connectivity index (χ2v) is 12.7. The molecule has 0 saturated carbocycles. The largest absolute Gasteiger partial charge is 0.494 e. The molecule has 0 aliphatic carbocycles. The van der Waals surface area contributed by atoms with Crippen LogP contribution in [0, 0.1) is 13.8 Å². The molecule has 18 heteroatoms. The number of carbonyl (C=O) groups excluding carboxylic acids is 4. The zero-order valence-corrected chi connectivity index (χ0v) is 31.6. The van der Waals surface area contributed by atoms with Gasteiger partial charge in [-0.2, -0.15) is 15.2 Å². The molecule has 6 aromatic rings. The Morgan fingerprint density at radius 2 is 1.33 bits per heavy atom. The third-order valence-corrected chi connectivity index (χ3v) is 9.07. The number of hydrogen-bond donors (Lipinski definition) is 3. The van der Waals surface area contributed by atoms with Crippen molar-refractivity contribution >= 4 is 51.6 Å². The Hall–Kier alpha value is -6.98. The number of allylic oxidation sites excluding steroid dienone is 2. The lowest BCUT2D eigenvalue weighted by molar-refractivity contribution is 0.0980. The van der Waals surface area contributed by atoms with Gasteiger partial charge < -0.3 is 34.6 Å². The summed E-state index contributed by atoms with van der Waals surface area (Å²) in [7, 11) is 4.67. The highest BCUT2D eigenvalue weighted by atomic mass is 16.5. The third-order valence-electron chi connectivity index (χ3n) is 9.07. The Labute approximate surface area is 314 Å². The molecule has 0 spiro atoms. The van der Waals surface area contributed by atoms with Gasteiger partial charge in [0, 0.05) is 44.4 Å². The van der Waals surface area contributed by atoms with Gasteiger partial charge in [-0.3, -0.25) is 33.9 Å². The summed E-state index contributed by atoms with van der Waals surface area (Å²) in [5, 5.41) is 11.7. The Balaban J connectivity index is 1.45. The minimum Gasteiger partial charge on any atom is -0.494 e. The molecule has 0 aliphatic rings. The number of aromatic nitrogens is 8. The highest BCUT2D eigenvalue weighted by Gasteiger charge is 2.22. The zero-order valence-electron chi connectivity index (χ0n) is 31.6. The molecule has 0 atom stereocenters. The zero-order chi connectivity index (χ0) is 39.7. The van der Waals surface area contributed by atoms with Crippen LogP contribution in [-0.2, 0) is 33.2 Å². The lowest BCUT2D eigenvalue weighted by Crippen LogP contribution is -2.26. The number of nitrogens with two attached hydrogens (primary N) is 2. The predicted molar refractivity (Wildman–Crippen MR) is 203 cm³/mol. The minimum atomic E-state index is -0.665. The second kappa shape index (κ2) is 15.2. The van der Waals surface area contributed by atoms with Crippen molar-refractivity contribution in [2.75, 3.05) is 19.5 Å². The van der Waals surface area contributed by atoms with Gasteiger partial charge in [-0.25, -0.2) is 4.98 Å². The maximum atomic E-state index is 13.7. The van der Waals surface area contributed by atoms with E-state index in [1.54, 1.807) is 62.2 Å². The van der Waals surface area contributed by atoms with Crippen molar-refractivity contribution in [2.45, 2.75) is 53.9 Å². The first kappa shape index (κ1) is 37.8. The number of nitrogens with zero attached hydrogens (tertiary/aromatic N) is 9. The van der Waals surface area contributed by atoms with Crippen molar-refractivity contribution < 1.29 is 28.7 Å². The van der Waals surface area contributed by atoms with Crippen molar-refractivity contribution in [3.05, 3.63) is 88.1 Å². The minimum absolute atomic E-state index is 0.180. The fourth-order valence-corrected chi connectivity index (χ4v) is 6.52. The van der Waals surface area contributed by atoms with E-state index < -0.39 is 23.6 Å². The monoisotopic (exact) mass is 750 g/mol. The number of carbonyl (C=O) groups is 4. The van der Waals surface area contributed by atoms with E-state index in [2.05, 4.69) is 25.5 Å². The summed E-state index contributed by atoms with van der Waals surface area (Å²) in [5.41, 5.74) is 16.0. The molecule has 55 heavy (non-hydrogen) atoms. The summed E-state index contributed by atoms with van der Waals surface area (Å²) < 4.78 is 19.8. The Morgan fingerprint density at radius 3 is 1.91 bits per heavy atom. The van der Waals surface area contributed by atoms with Crippen molar-refractivity contribution in [1.82, 2.24) is 38.2 Å². The lowest BCUT2D eigenvalue weighted by Gasteiger charge is -2.11. The van der Waals surface area contributed by atoms with E-state index in [9.17, 15) is 19.2 Å². The normalized spacial score (nSPS) is 11.9. The molecule has 18 nitrogen and oxygen atoms in total. The number of fused-ring (bicyclic) bond motifs is 2. The van der Waals surface area contributed by atoms with Gasteiger partial charge in [0.25, 0.3) is 11.8 Å². The van der Waals surface area contributed by atoms with Crippen LogP contribution in [0.4, 0.5) is 5.95 Å². The molecule has 4 amide bonds. The van der Waals surface area contributed by atoms with Crippen LogP contribution in [0.2, 0.25) is 0 Å². The van der Waals surface area contributed by atoms with Gasteiger partial charge >= 0.3 is 0 Å². The molecule has 0 radical (unpaired) electrons. The van der Waals surface area contributed by atoms with Gasteiger partial charge in [0.15, 0.2) is 0 Å². The fourth-order valence-electron chi connectivity index (χ4n) is 6.52. The Bertz CT molecular complexity index is 2620. The third kappa shape index (κ3) is 7.08. The number of imidazole rings is 2. The summed E-state index contributed by atoms with van der Waals surface area (Å²) in [4.78, 5) is 60.8. The molecule has 0 bridgehead atoms. The van der Waals surface area contributed by atoms with Crippen molar-refractivity contribution in [3.63, 3.8) is 0 Å². The number of amides is 4. The SMILES string of the molecule is CCn1nc(C)cc1C(=O)N=c1n(C)c2cc(C(N)=O)cc(OC)c2n1C/C=C/Cn1c(NC(=O)c2cc(C)nn2CC)nc2cc(C(N)=O)cc(OC)c21. The van der Waals surface area contributed by atoms with Crippen LogP contribution >= 0.6 is 0 Å². The summed E-state index contributed by atoms with van der Waals surface area (Å²) >= 11 is 0. The average Bonchev–Trinajstić information content (AvgIpc) is 3.91. The van der Waals surface area contributed by atoms with Crippen LogP contribution in [0.25, 0.3) is 22.1 Å². The second-order valence-electron chi connectivity index (χ2n) is 12.7. The molecule has 5 N–H and O–H groups in total. The van der Waals surface area contributed by atoms with Gasteiger partial charge in [0.05, 0.1) is 36.6 Å². The van der Waals surface area contributed by atoms with Crippen LogP contribution in [-0.4, -0.2) is 76.1 Å². The summed E-state index contributed by atoms with van der Waals surface area (Å²) in [6, 6.07) is 9.57. The van der Waals surface area contributed by atoms with Gasteiger partial charge in [-0.1, -0.05) is 12.2 Å². The van der Waals surface area contributed by atoms with Crippen LogP contribution in [0.15, 0.2) is 53.5 Å². The standard InChI is InChI=1S/C37H42N12O6/c1-8-48-26(14-20(3)43-48)34(52)41-36-40-24-16-22(32(38)50)18-28(54-6)30(24)46(36)12-10-11-13-47-31-25(17-23(33(39)51)19-29(31)55-7)45(5)37(47)42-35(53)27-15-21(4)44-49(27)9-2/h10-11,14-19H,8-9,12-13H2,1-7H3,(H2,38,50)(H2,39,51)(H,40,41,52)/b11-10+,42-37?. The molecule has 0 unspecified atom stereocenters. The van der Waals surface area contributed by atoms with Crippen LogP contribution < -0.4 is 31.9 Å². The molecule has 6 rings (SSSR count). The first-order valence-electron chi connectivity index (χ1n) is 17.4. The van der Waals surface area contributed by atoms with E-state index in [1.807, 2.05) is 26.0 Å². The first-order valence-corrected chi connectivity index (χ1v) is 17.4. The molecular weight excluding hydrogens is 708 g/mol. The van der Waals surface area contributed by atoms with E-state index in [0.29, 0.717) is 69.4 Å². The maximum Gasteiger partial charge on any atom is 0.298 e. The Kier molecular flexibility index (Phi) is 10.4. The Morgan fingerprint density at radius 1 is 0.782 bits per heavy atom.